The maximum atomic E-state index is 13.6. The zero-order valence-electron chi connectivity index (χ0n) is 14.9. The van der Waals surface area contributed by atoms with Crippen LogP contribution in [-0.4, -0.2) is 24.7 Å². The Morgan fingerprint density at radius 1 is 1.15 bits per heavy atom. The zero-order chi connectivity index (χ0) is 19.2. The Hall–Kier alpha value is -3.18. The molecule has 0 aliphatic carbocycles. The Labute approximate surface area is 156 Å². The molecule has 3 aromatic carbocycles. The van der Waals surface area contributed by atoms with Crippen LogP contribution in [0.1, 0.15) is 17.2 Å². The fourth-order valence-corrected chi connectivity index (χ4v) is 2.82. The van der Waals surface area contributed by atoms with Gasteiger partial charge < -0.3 is 15.2 Å². The van der Waals surface area contributed by atoms with Crippen molar-refractivity contribution in [1.82, 2.24) is 5.32 Å². The van der Waals surface area contributed by atoms with Crippen molar-refractivity contribution in [2.75, 3.05) is 13.7 Å². The van der Waals surface area contributed by atoms with Gasteiger partial charge in [0.15, 0.2) is 0 Å². The number of ether oxygens (including phenoxy) is 1. The molecule has 3 rings (SSSR count). The molecular formula is C22H20FNO3. The van der Waals surface area contributed by atoms with Crippen molar-refractivity contribution in [2.24, 2.45) is 0 Å². The van der Waals surface area contributed by atoms with Crippen molar-refractivity contribution in [1.29, 1.82) is 0 Å². The second-order valence-corrected chi connectivity index (χ2v) is 6.07. The van der Waals surface area contributed by atoms with E-state index in [0.29, 0.717) is 5.56 Å². The number of aliphatic hydroxyl groups is 1. The van der Waals surface area contributed by atoms with Crippen LogP contribution < -0.4 is 10.1 Å². The van der Waals surface area contributed by atoms with Crippen molar-refractivity contribution in [3.63, 3.8) is 0 Å². The molecule has 0 aliphatic rings. The molecular weight excluding hydrogens is 345 g/mol. The van der Waals surface area contributed by atoms with E-state index in [1.54, 1.807) is 25.3 Å². The third-order valence-corrected chi connectivity index (χ3v) is 4.29. The Balaban J connectivity index is 1.77. The van der Waals surface area contributed by atoms with Crippen LogP contribution in [0.25, 0.3) is 16.8 Å². The van der Waals surface area contributed by atoms with E-state index in [1.165, 1.54) is 18.2 Å². The number of methoxy groups -OCH3 is 1. The summed E-state index contributed by atoms with van der Waals surface area (Å²) in [6, 6.07) is 17.0. The first kappa shape index (κ1) is 18.6. The molecule has 0 aliphatic heterocycles. The van der Waals surface area contributed by atoms with Crippen molar-refractivity contribution in [2.45, 2.75) is 6.04 Å². The number of amides is 1. The lowest BCUT2D eigenvalue weighted by Gasteiger charge is -2.16. The number of aliphatic hydroxyl groups excluding tert-OH is 1. The third-order valence-electron chi connectivity index (χ3n) is 4.29. The molecule has 0 unspecified atom stereocenters. The number of halogens is 1. The number of carbonyl (C=O) groups excluding carboxylic acids is 1. The molecule has 0 heterocycles. The summed E-state index contributed by atoms with van der Waals surface area (Å²) in [6.45, 7) is -0.255. The van der Waals surface area contributed by atoms with Crippen LogP contribution in [0, 0.1) is 5.82 Å². The van der Waals surface area contributed by atoms with Gasteiger partial charge in [0.05, 0.1) is 19.8 Å². The van der Waals surface area contributed by atoms with E-state index in [-0.39, 0.29) is 6.61 Å². The molecule has 1 atom stereocenters. The summed E-state index contributed by atoms with van der Waals surface area (Å²) in [7, 11) is 1.60. The van der Waals surface area contributed by atoms with Crippen LogP contribution >= 0.6 is 0 Å². The van der Waals surface area contributed by atoms with Gasteiger partial charge >= 0.3 is 0 Å². The number of nitrogens with one attached hydrogen (secondary N) is 1. The summed E-state index contributed by atoms with van der Waals surface area (Å²) in [5, 5.41) is 14.4. The molecule has 0 spiro atoms. The highest BCUT2D eigenvalue weighted by molar-refractivity contribution is 5.92. The molecule has 0 radical (unpaired) electrons. The number of carbonyl (C=O) groups is 1. The molecule has 2 N–H and O–H groups in total. The Kier molecular flexibility index (Phi) is 5.84. The van der Waals surface area contributed by atoms with Crippen LogP contribution in [0.3, 0.4) is 0 Å². The molecule has 3 aromatic rings. The first-order valence-electron chi connectivity index (χ1n) is 8.52. The predicted octanol–water partition coefficient (Wildman–Crippen LogP) is 3.85. The quantitative estimate of drug-likeness (QED) is 0.653. The lowest BCUT2D eigenvalue weighted by molar-refractivity contribution is -0.117. The molecule has 0 aromatic heterocycles. The summed E-state index contributed by atoms with van der Waals surface area (Å²) in [4.78, 5) is 12.2. The van der Waals surface area contributed by atoms with E-state index in [4.69, 9.17) is 4.74 Å². The van der Waals surface area contributed by atoms with Gasteiger partial charge in [0.25, 0.3) is 0 Å². The molecule has 0 saturated heterocycles. The predicted molar refractivity (Wildman–Crippen MR) is 104 cm³/mol. The van der Waals surface area contributed by atoms with E-state index >= 15 is 0 Å². The van der Waals surface area contributed by atoms with Gasteiger partial charge in [-0.1, -0.05) is 36.4 Å². The summed E-state index contributed by atoms with van der Waals surface area (Å²) < 4.78 is 18.8. The average Bonchev–Trinajstić information content (AvgIpc) is 2.70. The van der Waals surface area contributed by atoms with E-state index in [1.807, 2.05) is 36.4 Å². The minimum absolute atomic E-state index is 0.255. The largest absolute Gasteiger partial charge is 0.497 e. The second-order valence-electron chi connectivity index (χ2n) is 6.07. The Bertz CT molecular complexity index is 984. The van der Waals surface area contributed by atoms with Crippen molar-refractivity contribution >= 4 is 22.8 Å². The van der Waals surface area contributed by atoms with Crippen molar-refractivity contribution in [3.8, 4) is 5.75 Å². The average molecular weight is 365 g/mol. The van der Waals surface area contributed by atoms with Crippen LogP contribution in [0.4, 0.5) is 4.39 Å². The number of hydrogen-bond donors (Lipinski definition) is 2. The van der Waals surface area contributed by atoms with Gasteiger partial charge in [0, 0.05) is 11.6 Å². The minimum atomic E-state index is -0.571. The standard InChI is InChI=1S/C22H20FNO3/c1-27-19-10-8-15-6-7-17(12-18(15)13-19)21(14-25)24-22(26)11-9-16-4-2-3-5-20(16)23/h2-13,21,25H,14H2,1H3,(H,24,26)/b11-9+/t21-/m0/s1. The molecule has 4 nitrogen and oxygen atoms in total. The van der Waals surface area contributed by atoms with Gasteiger partial charge in [-0.25, -0.2) is 4.39 Å². The van der Waals surface area contributed by atoms with E-state index in [9.17, 15) is 14.3 Å². The van der Waals surface area contributed by atoms with Gasteiger partial charge in [-0.15, -0.1) is 0 Å². The van der Waals surface area contributed by atoms with Crippen LogP contribution in [-0.2, 0) is 4.79 Å². The van der Waals surface area contributed by atoms with Crippen LogP contribution in [0.2, 0.25) is 0 Å². The summed E-state index contributed by atoms with van der Waals surface area (Å²) in [5.41, 5.74) is 1.09. The highest BCUT2D eigenvalue weighted by Crippen LogP contribution is 2.24. The zero-order valence-corrected chi connectivity index (χ0v) is 14.9. The Morgan fingerprint density at radius 3 is 2.67 bits per heavy atom. The molecule has 1 amide bonds. The lowest BCUT2D eigenvalue weighted by atomic mass is 10.0. The molecule has 27 heavy (non-hydrogen) atoms. The monoisotopic (exact) mass is 365 g/mol. The topological polar surface area (TPSA) is 58.6 Å². The summed E-state index contributed by atoms with van der Waals surface area (Å²) in [6.07, 6.45) is 2.66. The van der Waals surface area contributed by atoms with Crippen molar-refractivity contribution < 1.29 is 19.0 Å². The van der Waals surface area contributed by atoms with Gasteiger partial charge in [0.2, 0.25) is 5.91 Å². The molecule has 5 heteroatoms. The highest BCUT2D eigenvalue weighted by atomic mass is 19.1. The first-order chi connectivity index (χ1) is 13.1. The normalized spacial score (nSPS) is 12.3. The molecule has 0 saturated carbocycles. The van der Waals surface area contributed by atoms with Crippen molar-refractivity contribution in [3.05, 3.63) is 83.7 Å². The fraction of sp³-hybridized carbons (Fsp3) is 0.136. The van der Waals surface area contributed by atoms with Gasteiger partial charge in [0.1, 0.15) is 11.6 Å². The van der Waals surface area contributed by atoms with Gasteiger partial charge in [-0.2, -0.15) is 0 Å². The van der Waals surface area contributed by atoms with Gasteiger partial charge in [-0.3, -0.25) is 4.79 Å². The van der Waals surface area contributed by atoms with E-state index in [0.717, 1.165) is 22.1 Å². The molecule has 0 fully saturated rings. The van der Waals surface area contributed by atoms with Crippen LogP contribution in [0.5, 0.6) is 5.75 Å². The summed E-state index contributed by atoms with van der Waals surface area (Å²) in [5.74, 6) is -0.0798. The number of rotatable bonds is 6. The molecule has 0 bridgehead atoms. The van der Waals surface area contributed by atoms with E-state index in [2.05, 4.69) is 5.32 Å². The fourth-order valence-electron chi connectivity index (χ4n) is 2.82. The number of benzene rings is 3. The molecule has 138 valence electrons. The number of fused-ring (bicyclic) bond motifs is 1. The second kappa shape index (κ2) is 8.47. The van der Waals surface area contributed by atoms with Gasteiger partial charge in [-0.05, 0) is 46.7 Å². The maximum absolute atomic E-state index is 13.6. The SMILES string of the molecule is COc1ccc2ccc([C@H](CO)NC(=O)/C=C/c3ccccc3F)cc2c1. The van der Waals surface area contributed by atoms with Crippen LogP contribution in [0.15, 0.2) is 66.7 Å². The van der Waals surface area contributed by atoms with E-state index < -0.39 is 17.8 Å². The smallest absolute Gasteiger partial charge is 0.244 e. The summed E-state index contributed by atoms with van der Waals surface area (Å²) >= 11 is 0. The highest BCUT2D eigenvalue weighted by Gasteiger charge is 2.13. The lowest BCUT2D eigenvalue weighted by Crippen LogP contribution is -2.29. The maximum Gasteiger partial charge on any atom is 0.244 e. The third kappa shape index (κ3) is 4.51. The number of hydrogen-bond acceptors (Lipinski definition) is 3. The Morgan fingerprint density at radius 2 is 1.93 bits per heavy atom. The first-order valence-corrected chi connectivity index (χ1v) is 8.52. The minimum Gasteiger partial charge on any atom is -0.497 e.